The molecule has 0 fully saturated rings. The Morgan fingerprint density at radius 2 is 2.25 bits per heavy atom. The van der Waals surface area contributed by atoms with Gasteiger partial charge in [-0.1, -0.05) is 6.07 Å². The van der Waals surface area contributed by atoms with Crippen LogP contribution in [0.25, 0.3) is 0 Å². The fourth-order valence-electron chi connectivity index (χ4n) is 1.15. The number of aryl methyl sites for hydroxylation is 1. The molecule has 0 atom stereocenters. The van der Waals surface area contributed by atoms with Crippen LogP contribution in [0.4, 0.5) is 5.69 Å². The Morgan fingerprint density at radius 1 is 1.56 bits per heavy atom. The van der Waals surface area contributed by atoms with Crippen molar-refractivity contribution in [1.82, 2.24) is 0 Å². The van der Waals surface area contributed by atoms with E-state index in [4.69, 9.17) is 10.5 Å². The van der Waals surface area contributed by atoms with Crippen molar-refractivity contribution in [3.05, 3.63) is 33.9 Å². The fraction of sp³-hybridized carbons (Fsp3) is 0.300. The Hall–Kier alpha value is -2.11. The Balaban J connectivity index is 2.78. The second kappa shape index (κ2) is 5.11. The van der Waals surface area contributed by atoms with Crippen LogP contribution in [0.2, 0.25) is 0 Å². The van der Waals surface area contributed by atoms with Gasteiger partial charge in [0.25, 0.3) is 0 Å². The summed E-state index contributed by atoms with van der Waals surface area (Å²) >= 11 is 0. The molecule has 1 amide bonds. The van der Waals surface area contributed by atoms with Crippen LogP contribution in [0.5, 0.6) is 5.75 Å². The Labute approximate surface area is 92.2 Å². The molecule has 0 saturated carbocycles. The third-order valence-electron chi connectivity index (χ3n) is 1.92. The number of nitro benzene ring substituents is 1. The number of nitrogens with zero attached hydrogens (tertiary/aromatic N) is 1. The van der Waals surface area contributed by atoms with E-state index in [1.807, 2.05) is 0 Å². The first-order valence-corrected chi connectivity index (χ1v) is 4.67. The lowest BCUT2D eigenvalue weighted by molar-refractivity contribution is -0.385. The molecule has 1 aromatic rings. The van der Waals surface area contributed by atoms with Crippen molar-refractivity contribution in [1.29, 1.82) is 0 Å². The second-order valence-electron chi connectivity index (χ2n) is 3.29. The van der Waals surface area contributed by atoms with Gasteiger partial charge in [0.15, 0.2) is 5.75 Å². The van der Waals surface area contributed by atoms with Gasteiger partial charge < -0.3 is 10.5 Å². The van der Waals surface area contributed by atoms with Gasteiger partial charge in [-0.15, -0.1) is 0 Å². The minimum atomic E-state index is -0.521. The van der Waals surface area contributed by atoms with E-state index in [2.05, 4.69) is 0 Å². The highest BCUT2D eigenvalue weighted by molar-refractivity contribution is 5.73. The van der Waals surface area contributed by atoms with Gasteiger partial charge in [-0.2, -0.15) is 0 Å². The molecule has 6 nitrogen and oxygen atoms in total. The van der Waals surface area contributed by atoms with Crippen molar-refractivity contribution in [3.8, 4) is 5.75 Å². The van der Waals surface area contributed by atoms with Gasteiger partial charge in [0.1, 0.15) is 0 Å². The molecule has 6 heteroatoms. The molecule has 1 aromatic carbocycles. The minimum absolute atomic E-state index is 0.0328. The zero-order valence-electron chi connectivity index (χ0n) is 8.80. The molecule has 0 saturated heterocycles. The lowest BCUT2D eigenvalue weighted by Crippen LogP contribution is -2.14. The van der Waals surface area contributed by atoms with E-state index in [9.17, 15) is 14.9 Å². The number of hydrogen-bond donors (Lipinski definition) is 1. The number of hydrogen-bond acceptors (Lipinski definition) is 4. The predicted molar refractivity (Wildman–Crippen MR) is 57.1 cm³/mol. The van der Waals surface area contributed by atoms with Crippen LogP contribution in [0.1, 0.15) is 12.0 Å². The molecule has 1 rings (SSSR count). The number of carbonyl (C=O) groups is 1. The van der Waals surface area contributed by atoms with Crippen LogP contribution >= 0.6 is 0 Å². The van der Waals surface area contributed by atoms with Crippen LogP contribution in [0.15, 0.2) is 18.2 Å². The Kier molecular flexibility index (Phi) is 3.82. The summed E-state index contributed by atoms with van der Waals surface area (Å²) in [5.41, 5.74) is 5.59. The van der Waals surface area contributed by atoms with Crippen LogP contribution in [-0.4, -0.2) is 17.4 Å². The highest BCUT2D eigenvalue weighted by Gasteiger charge is 2.14. The van der Waals surface area contributed by atoms with Crippen molar-refractivity contribution in [2.75, 3.05) is 6.61 Å². The summed E-state index contributed by atoms with van der Waals surface area (Å²) in [6, 6.07) is 4.63. The standard InChI is InChI=1S/C10H12N2O4/c1-7-2-3-9(8(6-7)12(14)15)16-5-4-10(11)13/h2-3,6H,4-5H2,1H3,(H2,11,13). The van der Waals surface area contributed by atoms with Gasteiger partial charge >= 0.3 is 5.69 Å². The zero-order valence-corrected chi connectivity index (χ0v) is 8.80. The Morgan fingerprint density at radius 3 is 2.81 bits per heavy atom. The van der Waals surface area contributed by atoms with Crippen LogP contribution in [0.3, 0.4) is 0 Å². The maximum atomic E-state index is 10.7. The van der Waals surface area contributed by atoms with Gasteiger partial charge in [0, 0.05) is 6.07 Å². The van der Waals surface area contributed by atoms with E-state index in [0.717, 1.165) is 5.56 Å². The van der Waals surface area contributed by atoms with Gasteiger partial charge in [0.05, 0.1) is 18.0 Å². The molecule has 86 valence electrons. The number of carbonyl (C=O) groups excluding carboxylic acids is 1. The second-order valence-corrected chi connectivity index (χ2v) is 3.29. The van der Waals surface area contributed by atoms with E-state index in [-0.39, 0.29) is 24.5 Å². The van der Waals surface area contributed by atoms with E-state index in [0.29, 0.717) is 0 Å². The van der Waals surface area contributed by atoms with Crippen LogP contribution < -0.4 is 10.5 Å². The molecule has 0 spiro atoms. The summed E-state index contributed by atoms with van der Waals surface area (Å²) in [6.45, 7) is 1.79. The van der Waals surface area contributed by atoms with Crippen LogP contribution in [0, 0.1) is 17.0 Å². The summed E-state index contributed by atoms with van der Waals surface area (Å²) in [7, 11) is 0. The SMILES string of the molecule is Cc1ccc(OCCC(N)=O)c([N+](=O)[O-])c1. The first-order chi connectivity index (χ1) is 7.50. The van der Waals surface area contributed by atoms with E-state index in [1.54, 1.807) is 13.0 Å². The summed E-state index contributed by atoms with van der Waals surface area (Å²) in [6.07, 6.45) is 0.0328. The molecule has 0 unspecified atom stereocenters. The molecule has 0 aliphatic carbocycles. The topological polar surface area (TPSA) is 95.5 Å². The summed E-state index contributed by atoms with van der Waals surface area (Å²) in [5.74, 6) is -0.355. The summed E-state index contributed by atoms with van der Waals surface area (Å²) in [5, 5.41) is 10.7. The maximum absolute atomic E-state index is 10.7. The molecule has 0 bridgehead atoms. The molecular formula is C10H12N2O4. The lowest BCUT2D eigenvalue weighted by Gasteiger charge is -2.05. The lowest BCUT2D eigenvalue weighted by atomic mass is 10.2. The summed E-state index contributed by atoms with van der Waals surface area (Å²) < 4.78 is 5.12. The molecular weight excluding hydrogens is 212 g/mol. The van der Waals surface area contributed by atoms with Crippen molar-refractivity contribution in [2.45, 2.75) is 13.3 Å². The highest BCUT2D eigenvalue weighted by atomic mass is 16.6. The minimum Gasteiger partial charge on any atom is -0.486 e. The number of nitrogens with two attached hydrogens (primary N) is 1. The maximum Gasteiger partial charge on any atom is 0.311 e. The van der Waals surface area contributed by atoms with E-state index >= 15 is 0 Å². The predicted octanol–water partition coefficient (Wildman–Crippen LogP) is 1.16. The number of rotatable bonds is 5. The van der Waals surface area contributed by atoms with E-state index in [1.165, 1.54) is 12.1 Å². The van der Waals surface area contributed by atoms with Crippen molar-refractivity contribution >= 4 is 11.6 Å². The average molecular weight is 224 g/mol. The highest BCUT2D eigenvalue weighted by Crippen LogP contribution is 2.27. The Bertz CT molecular complexity index is 417. The van der Waals surface area contributed by atoms with Gasteiger partial charge in [0.2, 0.25) is 5.91 Å². The molecule has 0 aliphatic rings. The fourth-order valence-corrected chi connectivity index (χ4v) is 1.15. The molecule has 2 N–H and O–H groups in total. The van der Waals surface area contributed by atoms with Gasteiger partial charge in [-0.3, -0.25) is 14.9 Å². The van der Waals surface area contributed by atoms with Crippen molar-refractivity contribution in [2.24, 2.45) is 5.73 Å². The smallest absolute Gasteiger partial charge is 0.311 e. The third-order valence-corrected chi connectivity index (χ3v) is 1.92. The molecule has 16 heavy (non-hydrogen) atoms. The molecule has 0 aliphatic heterocycles. The van der Waals surface area contributed by atoms with Crippen molar-refractivity contribution in [3.63, 3.8) is 0 Å². The normalized spacial score (nSPS) is 9.81. The zero-order chi connectivity index (χ0) is 12.1. The largest absolute Gasteiger partial charge is 0.486 e. The third kappa shape index (κ3) is 3.23. The van der Waals surface area contributed by atoms with Crippen molar-refractivity contribution < 1.29 is 14.5 Å². The molecule has 0 heterocycles. The first-order valence-electron chi connectivity index (χ1n) is 4.67. The number of amides is 1. The number of nitro groups is 1. The number of primary amides is 1. The molecule has 0 aromatic heterocycles. The average Bonchev–Trinajstić information content (AvgIpc) is 2.19. The monoisotopic (exact) mass is 224 g/mol. The van der Waals surface area contributed by atoms with Gasteiger partial charge in [-0.25, -0.2) is 0 Å². The van der Waals surface area contributed by atoms with Gasteiger partial charge in [-0.05, 0) is 18.6 Å². The number of ether oxygens (including phenoxy) is 1. The number of benzene rings is 1. The first kappa shape index (κ1) is 12.0. The van der Waals surface area contributed by atoms with E-state index < -0.39 is 10.8 Å². The quantitative estimate of drug-likeness (QED) is 0.599. The molecule has 0 radical (unpaired) electrons. The van der Waals surface area contributed by atoms with Crippen LogP contribution in [-0.2, 0) is 4.79 Å². The summed E-state index contributed by atoms with van der Waals surface area (Å²) in [4.78, 5) is 20.7.